The van der Waals surface area contributed by atoms with Crippen molar-refractivity contribution in [2.45, 2.75) is 26.4 Å². The summed E-state index contributed by atoms with van der Waals surface area (Å²) in [7, 11) is 1.33. The van der Waals surface area contributed by atoms with Gasteiger partial charge in [0, 0.05) is 31.0 Å². The number of carbonyl (C=O) groups is 2. The number of rotatable bonds is 7. The quantitative estimate of drug-likeness (QED) is 0.567. The minimum atomic E-state index is -0.424. The molecule has 1 amide bonds. The monoisotopic (exact) mass is 388 g/mol. The van der Waals surface area contributed by atoms with E-state index in [1.54, 1.807) is 41.6 Å². The Balaban J connectivity index is 1.84. The molecule has 2 aromatic carbocycles. The number of carbonyl (C=O) groups excluding carboxylic acids is 2. The summed E-state index contributed by atoms with van der Waals surface area (Å²) in [6, 6.07) is 18.6. The van der Waals surface area contributed by atoms with Crippen LogP contribution in [0.4, 0.5) is 0 Å². The van der Waals surface area contributed by atoms with Crippen LogP contribution in [0.15, 0.2) is 73.1 Å². The maximum atomic E-state index is 13.2. The third-order valence-electron chi connectivity index (χ3n) is 4.74. The normalized spacial score (nSPS) is 10.4. The highest BCUT2D eigenvalue weighted by atomic mass is 16.5. The van der Waals surface area contributed by atoms with Gasteiger partial charge >= 0.3 is 5.97 Å². The van der Waals surface area contributed by atoms with Crippen LogP contribution < -0.4 is 0 Å². The smallest absolute Gasteiger partial charge is 0.337 e. The predicted molar refractivity (Wildman–Crippen MR) is 111 cm³/mol. The van der Waals surface area contributed by atoms with Crippen LogP contribution in [-0.2, 0) is 24.2 Å². The average Bonchev–Trinajstić information content (AvgIpc) is 2.79. The molecule has 0 N–H and O–H groups in total. The summed E-state index contributed by atoms with van der Waals surface area (Å²) in [6.45, 7) is 3.04. The van der Waals surface area contributed by atoms with E-state index in [1.165, 1.54) is 12.7 Å². The first-order valence-electron chi connectivity index (χ1n) is 9.55. The Morgan fingerprint density at radius 2 is 1.48 bits per heavy atom. The van der Waals surface area contributed by atoms with E-state index < -0.39 is 5.97 Å². The summed E-state index contributed by atoms with van der Waals surface area (Å²) >= 11 is 0. The fraction of sp³-hybridized carbons (Fsp3) is 0.208. The van der Waals surface area contributed by atoms with Crippen molar-refractivity contribution >= 4 is 11.9 Å². The molecule has 0 unspecified atom stereocenters. The van der Waals surface area contributed by atoms with Crippen molar-refractivity contribution in [3.8, 4) is 0 Å². The van der Waals surface area contributed by atoms with Gasteiger partial charge in [0.25, 0.3) is 5.91 Å². The molecule has 0 saturated carbocycles. The number of benzene rings is 2. The lowest BCUT2D eigenvalue weighted by Gasteiger charge is -2.23. The Bertz CT molecular complexity index is 952. The second-order valence-electron chi connectivity index (χ2n) is 6.76. The number of aryl methyl sites for hydroxylation is 1. The third kappa shape index (κ3) is 5.29. The summed E-state index contributed by atoms with van der Waals surface area (Å²) < 4.78 is 4.72. The fourth-order valence-electron chi connectivity index (χ4n) is 3.06. The van der Waals surface area contributed by atoms with E-state index >= 15 is 0 Å². The number of methoxy groups -OCH3 is 1. The molecule has 5 heteroatoms. The van der Waals surface area contributed by atoms with Gasteiger partial charge in [-0.2, -0.15) is 0 Å². The lowest BCUT2D eigenvalue weighted by Crippen LogP contribution is -2.30. The molecule has 3 rings (SSSR count). The van der Waals surface area contributed by atoms with Gasteiger partial charge in [-0.15, -0.1) is 0 Å². The topological polar surface area (TPSA) is 59.5 Å². The molecule has 0 radical (unpaired) electrons. The number of hydrogen-bond donors (Lipinski definition) is 0. The number of esters is 1. The van der Waals surface area contributed by atoms with Crippen LogP contribution >= 0.6 is 0 Å². The Hall–Kier alpha value is -3.47. The zero-order valence-corrected chi connectivity index (χ0v) is 16.7. The van der Waals surface area contributed by atoms with Crippen molar-refractivity contribution in [2.75, 3.05) is 7.11 Å². The molecule has 148 valence electrons. The summed E-state index contributed by atoms with van der Waals surface area (Å²) in [5, 5.41) is 0. The van der Waals surface area contributed by atoms with Crippen LogP contribution in [0.3, 0.4) is 0 Å². The first kappa shape index (κ1) is 20.3. The first-order valence-corrected chi connectivity index (χ1v) is 9.55. The van der Waals surface area contributed by atoms with Crippen molar-refractivity contribution in [2.24, 2.45) is 0 Å². The van der Waals surface area contributed by atoms with Gasteiger partial charge in [0.05, 0.1) is 12.7 Å². The van der Waals surface area contributed by atoms with E-state index in [4.69, 9.17) is 4.74 Å². The Labute approximate surface area is 171 Å². The molecule has 0 fully saturated rings. The molecule has 1 heterocycles. The summed E-state index contributed by atoms with van der Waals surface area (Å²) in [5.74, 6) is -0.530. The lowest BCUT2D eigenvalue weighted by atomic mass is 10.1. The van der Waals surface area contributed by atoms with Crippen molar-refractivity contribution < 1.29 is 14.3 Å². The van der Waals surface area contributed by atoms with Crippen LogP contribution in [0.2, 0.25) is 0 Å². The molecule has 0 aliphatic heterocycles. The first-order chi connectivity index (χ1) is 14.1. The molecule has 0 aliphatic rings. The van der Waals surface area contributed by atoms with E-state index in [2.05, 4.69) is 36.2 Å². The largest absolute Gasteiger partial charge is 0.465 e. The predicted octanol–water partition coefficient (Wildman–Crippen LogP) is 4.27. The maximum absolute atomic E-state index is 13.2. The van der Waals surface area contributed by atoms with Crippen molar-refractivity contribution in [3.63, 3.8) is 0 Å². The molecule has 0 aliphatic carbocycles. The number of aromatic nitrogens is 1. The highest BCUT2D eigenvalue weighted by molar-refractivity contribution is 5.96. The fourth-order valence-corrected chi connectivity index (χ4v) is 3.06. The van der Waals surface area contributed by atoms with E-state index in [-0.39, 0.29) is 5.91 Å². The van der Waals surface area contributed by atoms with Crippen LogP contribution in [0.25, 0.3) is 0 Å². The SMILES string of the molecule is CCc1ccc(CN(Cc2cccnc2)C(=O)c2ccc(C(=O)OC)cc2)cc1. The van der Waals surface area contributed by atoms with Gasteiger partial charge in [-0.25, -0.2) is 4.79 Å². The molecule has 0 atom stereocenters. The van der Waals surface area contributed by atoms with Gasteiger partial charge in [-0.1, -0.05) is 37.3 Å². The minimum absolute atomic E-state index is 0.107. The standard InChI is InChI=1S/C24H24N2O3/c1-3-18-6-8-19(9-7-18)16-26(17-20-5-4-14-25-15-20)23(27)21-10-12-22(13-11-21)24(28)29-2/h4-15H,3,16-17H2,1-2H3. The van der Waals surface area contributed by atoms with E-state index in [1.807, 2.05) is 12.1 Å². The average molecular weight is 388 g/mol. The number of ether oxygens (including phenoxy) is 1. The van der Waals surface area contributed by atoms with Gasteiger partial charge in [-0.3, -0.25) is 9.78 Å². The molecule has 5 nitrogen and oxygen atoms in total. The second kappa shape index (κ2) is 9.64. The molecule has 0 saturated heterocycles. The van der Waals surface area contributed by atoms with Gasteiger partial charge in [0.15, 0.2) is 0 Å². The Morgan fingerprint density at radius 1 is 0.862 bits per heavy atom. The lowest BCUT2D eigenvalue weighted by molar-refractivity contribution is 0.0599. The number of pyridine rings is 1. The molecule has 1 aromatic heterocycles. The molecular formula is C24H24N2O3. The van der Waals surface area contributed by atoms with Gasteiger partial charge in [0.2, 0.25) is 0 Å². The van der Waals surface area contributed by atoms with Crippen molar-refractivity contribution in [1.29, 1.82) is 0 Å². The highest BCUT2D eigenvalue weighted by Crippen LogP contribution is 2.16. The van der Waals surface area contributed by atoms with Gasteiger partial charge in [0.1, 0.15) is 0 Å². The highest BCUT2D eigenvalue weighted by Gasteiger charge is 2.18. The van der Waals surface area contributed by atoms with E-state index in [9.17, 15) is 9.59 Å². The molecular weight excluding hydrogens is 364 g/mol. The van der Waals surface area contributed by atoms with Gasteiger partial charge in [-0.05, 0) is 53.4 Å². The Morgan fingerprint density at radius 3 is 2.07 bits per heavy atom. The van der Waals surface area contributed by atoms with Crippen LogP contribution in [0.1, 0.15) is 44.3 Å². The van der Waals surface area contributed by atoms with Crippen LogP contribution in [0.5, 0.6) is 0 Å². The summed E-state index contributed by atoms with van der Waals surface area (Å²) in [6.07, 6.45) is 4.45. The Kier molecular flexibility index (Phi) is 6.74. The number of amides is 1. The van der Waals surface area contributed by atoms with Crippen LogP contribution in [0, 0.1) is 0 Å². The second-order valence-corrected chi connectivity index (χ2v) is 6.76. The van der Waals surface area contributed by atoms with Crippen molar-refractivity contribution in [3.05, 3.63) is 101 Å². The zero-order chi connectivity index (χ0) is 20.6. The van der Waals surface area contributed by atoms with Crippen LogP contribution in [-0.4, -0.2) is 28.9 Å². The van der Waals surface area contributed by atoms with E-state index in [0.717, 1.165) is 17.5 Å². The minimum Gasteiger partial charge on any atom is -0.465 e. The number of hydrogen-bond acceptors (Lipinski definition) is 4. The summed E-state index contributed by atoms with van der Waals surface area (Å²) in [4.78, 5) is 30.8. The molecule has 0 spiro atoms. The molecule has 0 bridgehead atoms. The number of nitrogens with zero attached hydrogens (tertiary/aromatic N) is 2. The molecule has 3 aromatic rings. The molecule has 29 heavy (non-hydrogen) atoms. The zero-order valence-electron chi connectivity index (χ0n) is 16.7. The summed E-state index contributed by atoms with van der Waals surface area (Å²) in [5.41, 5.74) is 4.21. The van der Waals surface area contributed by atoms with Crippen molar-refractivity contribution in [1.82, 2.24) is 9.88 Å². The van der Waals surface area contributed by atoms with Gasteiger partial charge < -0.3 is 9.64 Å². The third-order valence-corrected chi connectivity index (χ3v) is 4.74. The van der Waals surface area contributed by atoms with E-state index in [0.29, 0.717) is 24.2 Å². The maximum Gasteiger partial charge on any atom is 0.337 e.